The molecule has 1 heterocycles. The molecule has 2 aromatic rings. The van der Waals surface area contributed by atoms with E-state index in [4.69, 9.17) is 9.47 Å². The lowest BCUT2D eigenvalue weighted by Gasteiger charge is -2.04. The highest BCUT2D eigenvalue weighted by atomic mass is 32.1. The zero-order chi connectivity index (χ0) is 20.0. The molecule has 0 saturated carbocycles. The predicted molar refractivity (Wildman–Crippen MR) is 114 cm³/mol. The summed E-state index contributed by atoms with van der Waals surface area (Å²) in [5.74, 6) is -0.270. The third-order valence-electron chi connectivity index (χ3n) is 3.95. The summed E-state index contributed by atoms with van der Waals surface area (Å²) in [6.45, 7) is 5.84. The zero-order valence-corrected chi connectivity index (χ0v) is 17.5. The first-order chi connectivity index (χ1) is 13.7. The third kappa shape index (κ3) is 8.63. The van der Waals surface area contributed by atoms with E-state index in [1.54, 1.807) is 13.1 Å². The number of unbranched alkanes of at least 4 members (excludes halogenated alkanes) is 3. The van der Waals surface area contributed by atoms with Gasteiger partial charge in [-0.3, -0.25) is 10.2 Å². The van der Waals surface area contributed by atoms with Crippen LogP contribution < -0.4 is 5.43 Å². The van der Waals surface area contributed by atoms with Crippen LogP contribution in [0.3, 0.4) is 0 Å². The minimum Gasteiger partial charge on any atom is -0.466 e. The maximum Gasteiger partial charge on any atom is 0.311 e. The highest BCUT2D eigenvalue weighted by Crippen LogP contribution is 2.16. The van der Waals surface area contributed by atoms with E-state index in [2.05, 4.69) is 22.4 Å². The Bertz CT molecular complexity index is 729. The number of esters is 1. The summed E-state index contributed by atoms with van der Waals surface area (Å²) < 4.78 is 10.6. The average molecular weight is 404 g/mol. The number of hydrazone groups is 1. The lowest BCUT2D eigenvalue weighted by molar-refractivity contribution is -0.142. The van der Waals surface area contributed by atoms with E-state index in [1.807, 2.05) is 29.6 Å². The second-order valence-electron chi connectivity index (χ2n) is 6.35. The Labute approximate surface area is 171 Å². The highest BCUT2D eigenvalue weighted by Gasteiger charge is 2.07. The van der Waals surface area contributed by atoms with Crippen molar-refractivity contribution in [2.75, 3.05) is 18.6 Å². The smallest absolute Gasteiger partial charge is 0.311 e. The van der Waals surface area contributed by atoms with E-state index in [-0.39, 0.29) is 12.4 Å². The third-order valence-corrected chi connectivity index (χ3v) is 4.74. The fourth-order valence-corrected chi connectivity index (χ4v) is 3.14. The number of benzene rings is 1. The van der Waals surface area contributed by atoms with E-state index in [0.717, 1.165) is 24.2 Å². The minimum absolute atomic E-state index is 0.178. The van der Waals surface area contributed by atoms with Gasteiger partial charge >= 0.3 is 5.97 Å². The van der Waals surface area contributed by atoms with Gasteiger partial charge in [0, 0.05) is 12.0 Å². The molecule has 0 saturated heterocycles. The topological polar surface area (TPSA) is 72.8 Å². The number of anilines is 1. The van der Waals surface area contributed by atoms with Crippen LogP contribution in [0.5, 0.6) is 0 Å². The van der Waals surface area contributed by atoms with E-state index in [1.165, 1.54) is 30.6 Å². The minimum atomic E-state index is -0.270. The molecule has 0 bridgehead atoms. The fourth-order valence-electron chi connectivity index (χ4n) is 2.48. The molecule has 2 rings (SSSR count). The summed E-state index contributed by atoms with van der Waals surface area (Å²) in [4.78, 5) is 15.8. The van der Waals surface area contributed by atoms with Crippen LogP contribution in [0.25, 0.3) is 0 Å². The van der Waals surface area contributed by atoms with Gasteiger partial charge in [-0.05, 0) is 24.5 Å². The van der Waals surface area contributed by atoms with Gasteiger partial charge in [0.25, 0.3) is 0 Å². The van der Waals surface area contributed by atoms with E-state index >= 15 is 0 Å². The molecule has 0 amide bonds. The summed E-state index contributed by atoms with van der Waals surface area (Å²) in [7, 11) is 0. The van der Waals surface area contributed by atoms with Crippen LogP contribution >= 0.6 is 11.3 Å². The van der Waals surface area contributed by atoms with Crippen molar-refractivity contribution >= 4 is 28.7 Å². The number of nitrogens with zero attached hydrogens (tertiary/aromatic N) is 2. The lowest BCUT2D eigenvalue weighted by Crippen LogP contribution is -2.07. The van der Waals surface area contributed by atoms with Crippen LogP contribution in [0.1, 0.15) is 56.4 Å². The summed E-state index contributed by atoms with van der Waals surface area (Å²) in [6, 6.07) is 8.12. The van der Waals surface area contributed by atoms with Gasteiger partial charge in [0.05, 0.1) is 31.5 Å². The molecular formula is C21H29N3O3S. The van der Waals surface area contributed by atoms with Crippen molar-refractivity contribution in [1.82, 2.24) is 4.98 Å². The molecule has 1 aromatic heterocycles. The molecule has 1 N–H and O–H groups in total. The number of ether oxygens (including phenoxy) is 2. The second-order valence-corrected chi connectivity index (χ2v) is 7.21. The Kier molecular flexibility index (Phi) is 10.2. The molecule has 152 valence electrons. The lowest BCUT2D eigenvalue weighted by atomic mass is 10.1. The van der Waals surface area contributed by atoms with Gasteiger partial charge in [-0.25, -0.2) is 4.98 Å². The molecule has 0 radical (unpaired) electrons. The first-order valence-corrected chi connectivity index (χ1v) is 10.6. The van der Waals surface area contributed by atoms with Gasteiger partial charge in [-0.1, -0.05) is 50.5 Å². The quantitative estimate of drug-likeness (QED) is 0.225. The Morgan fingerprint density at radius 1 is 1.21 bits per heavy atom. The first-order valence-electron chi connectivity index (χ1n) is 9.77. The Morgan fingerprint density at radius 2 is 2.04 bits per heavy atom. The van der Waals surface area contributed by atoms with Crippen LogP contribution in [-0.2, 0) is 27.3 Å². The number of rotatable bonds is 13. The second kappa shape index (κ2) is 13.0. The van der Waals surface area contributed by atoms with E-state index < -0.39 is 0 Å². The molecule has 0 aliphatic rings. The summed E-state index contributed by atoms with van der Waals surface area (Å²) >= 11 is 1.40. The van der Waals surface area contributed by atoms with Crippen LogP contribution in [0, 0.1) is 0 Å². The van der Waals surface area contributed by atoms with E-state index in [9.17, 15) is 4.79 Å². The van der Waals surface area contributed by atoms with Crippen LogP contribution in [0.4, 0.5) is 5.13 Å². The van der Waals surface area contributed by atoms with Crippen molar-refractivity contribution in [3.63, 3.8) is 0 Å². The number of carbonyl (C=O) groups is 1. The Morgan fingerprint density at radius 3 is 2.79 bits per heavy atom. The van der Waals surface area contributed by atoms with E-state index in [0.29, 0.717) is 24.0 Å². The predicted octanol–water partition coefficient (Wildman–Crippen LogP) is 4.79. The SMILES string of the molecule is CCCCCCOCc1ccc(C=NNc2nc(CC(=O)OCC)cs2)cc1. The maximum atomic E-state index is 11.5. The number of aromatic nitrogens is 1. The molecule has 0 fully saturated rings. The van der Waals surface area contributed by atoms with Crippen LogP contribution in [0.2, 0.25) is 0 Å². The molecular weight excluding hydrogens is 374 g/mol. The van der Waals surface area contributed by atoms with Crippen molar-refractivity contribution < 1.29 is 14.3 Å². The highest BCUT2D eigenvalue weighted by molar-refractivity contribution is 7.13. The number of hydrogen-bond acceptors (Lipinski definition) is 7. The van der Waals surface area contributed by atoms with Crippen LogP contribution in [-0.4, -0.2) is 30.4 Å². The van der Waals surface area contributed by atoms with Gasteiger partial charge < -0.3 is 9.47 Å². The summed E-state index contributed by atoms with van der Waals surface area (Å²) in [5, 5.41) is 6.67. The number of carbonyl (C=O) groups excluding carboxylic acids is 1. The number of thiazole rings is 1. The maximum absolute atomic E-state index is 11.5. The Hall–Kier alpha value is -2.25. The first kappa shape index (κ1) is 22.0. The van der Waals surface area contributed by atoms with Crippen molar-refractivity contribution in [2.24, 2.45) is 5.10 Å². The van der Waals surface area contributed by atoms with Gasteiger partial charge in [-0.2, -0.15) is 5.10 Å². The van der Waals surface area contributed by atoms with Crippen molar-refractivity contribution in [3.05, 3.63) is 46.5 Å². The van der Waals surface area contributed by atoms with Crippen molar-refractivity contribution in [2.45, 2.75) is 52.6 Å². The molecule has 7 heteroatoms. The average Bonchev–Trinajstić information content (AvgIpc) is 3.13. The van der Waals surface area contributed by atoms with Gasteiger partial charge in [0.15, 0.2) is 0 Å². The van der Waals surface area contributed by atoms with Gasteiger partial charge in [0.1, 0.15) is 0 Å². The zero-order valence-electron chi connectivity index (χ0n) is 16.6. The van der Waals surface area contributed by atoms with Gasteiger partial charge in [0.2, 0.25) is 5.13 Å². The largest absolute Gasteiger partial charge is 0.466 e. The number of nitrogens with one attached hydrogen (secondary N) is 1. The molecule has 0 unspecified atom stereocenters. The molecule has 6 nitrogen and oxygen atoms in total. The van der Waals surface area contributed by atoms with Gasteiger partial charge in [-0.15, -0.1) is 11.3 Å². The molecule has 28 heavy (non-hydrogen) atoms. The Balaban J connectivity index is 1.71. The van der Waals surface area contributed by atoms with Crippen molar-refractivity contribution in [3.8, 4) is 0 Å². The fraction of sp³-hybridized carbons (Fsp3) is 0.476. The molecule has 1 aromatic carbocycles. The normalized spacial score (nSPS) is 11.1. The monoisotopic (exact) mass is 403 g/mol. The van der Waals surface area contributed by atoms with Crippen molar-refractivity contribution in [1.29, 1.82) is 0 Å². The molecule has 0 spiro atoms. The number of hydrogen-bond donors (Lipinski definition) is 1. The molecule has 0 aliphatic heterocycles. The summed E-state index contributed by atoms with van der Waals surface area (Å²) in [5.41, 5.74) is 5.72. The standard InChI is InChI=1S/C21H29N3O3S/c1-3-5-6-7-12-26-15-18-10-8-17(9-11-18)14-22-24-21-23-19(16-28-21)13-20(25)27-4-2/h8-11,14,16H,3-7,12-13,15H2,1-2H3,(H,23,24). The molecule has 0 atom stereocenters. The summed E-state index contributed by atoms with van der Waals surface area (Å²) in [6.07, 6.45) is 6.80. The van der Waals surface area contributed by atoms with Crippen LogP contribution in [0.15, 0.2) is 34.7 Å². The molecule has 0 aliphatic carbocycles.